The highest BCUT2D eigenvalue weighted by atomic mass is 16.7. The molecule has 0 spiro atoms. The van der Waals surface area contributed by atoms with Gasteiger partial charge in [-0.3, -0.25) is 19.4 Å². The molecular weight excluding hydrogens is 752 g/mol. The molecule has 0 aliphatic carbocycles. The third-order valence-electron chi connectivity index (χ3n) is 11.5. The molecule has 58 heavy (non-hydrogen) atoms. The molecule has 9 atom stereocenters. The SMILES string of the molecule is CO[C@H]1/C=C/O[C@@]2(C)Oc3c(C)c(O)c4c(O)c(c(/C=N\N5CCNCC5)c(O)c4c3C2=O)NC(=O)/C(C)=C\C=C\[C@@H](C)[C@H](O)[C@@H](C)[C@H](O)[C@@H](C)[C@H](OC(C)=O)[C@@H]1C. The normalized spacial score (nSPS) is 32.1. The molecule has 1 fully saturated rings. The van der Waals surface area contributed by atoms with E-state index in [0.29, 0.717) is 26.2 Å². The fourth-order valence-corrected chi connectivity index (χ4v) is 7.78. The van der Waals surface area contributed by atoms with Gasteiger partial charge in [-0.05, 0) is 19.9 Å². The van der Waals surface area contributed by atoms with E-state index in [2.05, 4.69) is 15.7 Å². The monoisotopic (exact) mass is 808 g/mol. The maximum absolute atomic E-state index is 14.4. The van der Waals surface area contributed by atoms with E-state index in [0.717, 1.165) is 0 Å². The van der Waals surface area contributed by atoms with E-state index in [1.54, 1.807) is 44.9 Å². The molecular formula is C42H56N4O12. The minimum Gasteiger partial charge on any atom is -0.507 e. The summed E-state index contributed by atoms with van der Waals surface area (Å²) in [6.07, 6.45) is 4.83. The molecule has 6 rings (SSSR count). The number of carbonyl (C=O) groups excluding carboxylic acids is 3. The van der Waals surface area contributed by atoms with Crippen LogP contribution in [0.4, 0.5) is 5.69 Å². The van der Waals surface area contributed by atoms with Crippen LogP contribution < -0.4 is 15.4 Å². The molecule has 4 heterocycles. The average Bonchev–Trinajstić information content (AvgIpc) is 3.46. The molecule has 4 aliphatic rings. The second-order valence-electron chi connectivity index (χ2n) is 15.6. The van der Waals surface area contributed by atoms with Gasteiger partial charge >= 0.3 is 11.8 Å². The lowest BCUT2D eigenvalue weighted by molar-refractivity contribution is -0.160. The topological polar surface area (TPSA) is 229 Å². The summed E-state index contributed by atoms with van der Waals surface area (Å²) in [6.45, 7) is 14.9. The molecule has 1 amide bonds. The Labute approximate surface area is 337 Å². The number of aromatic hydroxyl groups is 3. The quantitative estimate of drug-likeness (QED) is 0.100. The minimum atomic E-state index is -2.04. The summed E-state index contributed by atoms with van der Waals surface area (Å²) >= 11 is 0. The van der Waals surface area contributed by atoms with Crippen LogP contribution in [0, 0.1) is 30.6 Å². The number of allylic oxidation sites excluding steroid dienone is 2. The van der Waals surface area contributed by atoms with E-state index in [1.165, 1.54) is 59.4 Å². The highest BCUT2D eigenvalue weighted by Gasteiger charge is 2.50. The number of hydrogen-bond acceptors (Lipinski definition) is 15. The Kier molecular flexibility index (Phi) is 13.5. The number of nitrogens with one attached hydrogen (secondary N) is 2. The van der Waals surface area contributed by atoms with Gasteiger partial charge in [-0.1, -0.05) is 45.9 Å². The van der Waals surface area contributed by atoms with Gasteiger partial charge in [-0.15, -0.1) is 0 Å². The largest absolute Gasteiger partial charge is 0.507 e. The van der Waals surface area contributed by atoms with Gasteiger partial charge in [0.2, 0.25) is 0 Å². The number of carbonyl (C=O) groups is 3. The number of amides is 1. The number of aliphatic hydroxyl groups is 2. The Morgan fingerprint density at radius 3 is 2.28 bits per heavy atom. The Morgan fingerprint density at radius 2 is 1.64 bits per heavy atom. The number of phenols is 3. The Morgan fingerprint density at radius 1 is 0.966 bits per heavy atom. The van der Waals surface area contributed by atoms with E-state index >= 15 is 0 Å². The van der Waals surface area contributed by atoms with E-state index in [-0.39, 0.29) is 44.5 Å². The Hall–Kier alpha value is -5.16. The predicted molar refractivity (Wildman–Crippen MR) is 216 cm³/mol. The molecule has 0 unspecified atom stereocenters. The van der Waals surface area contributed by atoms with Crippen LogP contribution in [0.1, 0.15) is 70.0 Å². The van der Waals surface area contributed by atoms with Gasteiger partial charge in [0.05, 0.1) is 53.0 Å². The number of benzene rings is 2. The summed E-state index contributed by atoms with van der Waals surface area (Å²) in [4.78, 5) is 40.4. The molecule has 4 aliphatic heterocycles. The van der Waals surface area contributed by atoms with E-state index in [1.807, 2.05) is 0 Å². The van der Waals surface area contributed by atoms with Crippen LogP contribution in [-0.4, -0.2) is 118 Å². The first-order chi connectivity index (χ1) is 27.3. The summed E-state index contributed by atoms with van der Waals surface area (Å²) in [5.74, 6) is -8.36. The van der Waals surface area contributed by atoms with Crippen molar-refractivity contribution in [1.82, 2.24) is 10.3 Å². The zero-order chi connectivity index (χ0) is 42.8. The Bertz CT molecular complexity index is 2040. The van der Waals surface area contributed by atoms with Crippen molar-refractivity contribution in [3.63, 3.8) is 0 Å². The van der Waals surface area contributed by atoms with Gasteiger partial charge in [0, 0.05) is 87.3 Å². The van der Waals surface area contributed by atoms with Crippen molar-refractivity contribution in [2.75, 3.05) is 38.6 Å². The number of methoxy groups -OCH3 is 1. The highest BCUT2D eigenvalue weighted by Crippen LogP contribution is 2.55. The summed E-state index contributed by atoms with van der Waals surface area (Å²) in [6, 6.07) is 0. The van der Waals surface area contributed by atoms with Crippen LogP contribution in [-0.2, 0) is 23.8 Å². The zero-order valence-electron chi connectivity index (χ0n) is 34.4. The molecule has 0 saturated carbocycles. The van der Waals surface area contributed by atoms with Crippen LogP contribution in [0.2, 0.25) is 0 Å². The number of piperazine rings is 1. The molecule has 2 aromatic rings. The standard InChI is InChI=1S/C42H56N4O12/c1-20-11-10-12-21(2)41(54)45-32-27(19-44-46-16-14-43-15-17-46)36(51)29-30(37(32)52)35(50)25(6)39-31(29)40(53)42(8,58-39)56-18-13-28(55-9)22(3)38(57-26(7)47)24(5)34(49)23(4)33(20)48/h10-13,18-20,22-24,28,33-34,38,43,48-52H,14-17H2,1-9H3,(H,45,54)/b11-10+,18-13+,21-12-,44-19-/t20-,22-,23-,24-,28+,33+,34+,38-,42+/m1/s1. The van der Waals surface area contributed by atoms with Crippen molar-refractivity contribution in [2.24, 2.45) is 28.8 Å². The lowest BCUT2D eigenvalue weighted by atomic mass is 9.78. The molecule has 2 aromatic carbocycles. The molecule has 16 heteroatoms. The first-order valence-corrected chi connectivity index (χ1v) is 19.4. The number of anilines is 1. The van der Waals surface area contributed by atoms with Gasteiger partial charge in [0.25, 0.3) is 11.7 Å². The highest BCUT2D eigenvalue weighted by molar-refractivity contribution is 6.23. The first-order valence-electron chi connectivity index (χ1n) is 19.4. The predicted octanol–water partition coefficient (Wildman–Crippen LogP) is 3.99. The number of ketones is 1. The van der Waals surface area contributed by atoms with Gasteiger partial charge in [-0.2, -0.15) is 5.10 Å². The van der Waals surface area contributed by atoms with E-state index < -0.39 is 88.8 Å². The van der Waals surface area contributed by atoms with Crippen molar-refractivity contribution < 1.29 is 58.9 Å². The van der Waals surface area contributed by atoms with Gasteiger partial charge < -0.3 is 55.1 Å². The van der Waals surface area contributed by atoms with Crippen LogP contribution in [0.25, 0.3) is 10.8 Å². The lowest BCUT2D eigenvalue weighted by Gasteiger charge is -2.38. The lowest BCUT2D eigenvalue weighted by Crippen LogP contribution is -2.46. The number of nitrogens with zero attached hydrogens (tertiary/aromatic N) is 2. The van der Waals surface area contributed by atoms with Crippen LogP contribution >= 0.6 is 0 Å². The summed E-state index contributed by atoms with van der Waals surface area (Å²) in [7, 11) is 1.44. The number of aliphatic hydroxyl groups excluding tert-OH is 2. The first kappa shape index (κ1) is 44.0. The molecule has 316 valence electrons. The number of ether oxygens (including phenoxy) is 4. The van der Waals surface area contributed by atoms with Crippen molar-refractivity contribution in [2.45, 2.75) is 85.6 Å². The molecule has 0 aromatic heterocycles. The number of hydrazone groups is 1. The van der Waals surface area contributed by atoms with Gasteiger partial charge in [-0.25, -0.2) is 0 Å². The van der Waals surface area contributed by atoms with Crippen LogP contribution in [0.3, 0.4) is 0 Å². The smallest absolute Gasteiger partial charge is 0.312 e. The number of esters is 1. The maximum atomic E-state index is 14.4. The number of hydrogen-bond donors (Lipinski definition) is 7. The van der Waals surface area contributed by atoms with Crippen molar-refractivity contribution in [3.8, 4) is 23.0 Å². The molecule has 0 radical (unpaired) electrons. The van der Waals surface area contributed by atoms with E-state index in [4.69, 9.17) is 18.9 Å². The van der Waals surface area contributed by atoms with E-state index in [9.17, 15) is 39.9 Å². The van der Waals surface area contributed by atoms with Gasteiger partial charge in [0.1, 0.15) is 23.4 Å². The number of phenolic OH excluding ortho intramolecular Hbond substituents is 3. The third-order valence-corrected chi connectivity index (χ3v) is 11.5. The zero-order valence-corrected chi connectivity index (χ0v) is 34.4. The van der Waals surface area contributed by atoms with Crippen LogP contribution in [0.15, 0.2) is 41.2 Å². The second-order valence-corrected chi connectivity index (χ2v) is 15.6. The number of rotatable bonds is 4. The van der Waals surface area contributed by atoms with Gasteiger partial charge in [0.15, 0.2) is 5.75 Å². The number of Topliss-reactive ketones (excluding diaryl/α,β-unsaturated/α-hetero) is 1. The second kappa shape index (κ2) is 17.8. The fourth-order valence-electron chi connectivity index (χ4n) is 7.78. The third kappa shape index (κ3) is 8.51. The summed E-state index contributed by atoms with van der Waals surface area (Å²) in [5.41, 5.74) is -0.364. The molecule has 1 saturated heterocycles. The molecule has 7 N–H and O–H groups in total. The molecule has 5 bridgehead atoms. The Balaban J connectivity index is 1.71. The van der Waals surface area contributed by atoms with Crippen molar-refractivity contribution in [3.05, 3.63) is 52.8 Å². The average molecular weight is 809 g/mol. The maximum Gasteiger partial charge on any atom is 0.312 e. The van der Waals surface area contributed by atoms with Crippen molar-refractivity contribution in [1.29, 1.82) is 0 Å². The summed E-state index contributed by atoms with van der Waals surface area (Å²) in [5, 5.41) is 69.8. The fraction of sp³-hybridized carbons (Fsp3) is 0.524. The number of fused-ring (bicyclic) bond motifs is 14. The molecule has 16 nitrogen and oxygen atoms in total. The minimum absolute atomic E-state index is 0.0544. The van der Waals surface area contributed by atoms with Crippen LogP contribution in [0.5, 0.6) is 23.0 Å². The van der Waals surface area contributed by atoms with Crippen molar-refractivity contribution >= 4 is 40.3 Å². The summed E-state index contributed by atoms with van der Waals surface area (Å²) < 4.78 is 23.6.